The molecule has 0 aromatic carbocycles. The van der Waals surface area contributed by atoms with Gasteiger partial charge in [0.25, 0.3) is 0 Å². The quantitative estimate of drug-likeness (QED) is 0.924. The molecule has 0 spiro atoms. The molecule has 0 amide bonds. The molecule has 1 N–H and O–H groups in total. The second-order valence-corrected chi connectivity index (χ2v) is 5.30. The van der Waals surface area contributed by atoms with Gasteiger partial charge in [0, 0.05) is 19.8 Å². The summed E-state index contributed by atoms with van der Waals surface area (Å²) in [6, 6.07) is 1.90. The lowest BCUT2D eigenvalue weighted by Crippen LogP contribution is -2.50. The highest BCUT2D eigenvalue weighted by molar-refractivity contribution is 5.91. The van der Waals surface area contributed by atoms with Crippen LogP contribution in [0.1, 0.15) is 26.2 Å². The van der Waals surface area contributed by atoms with E-state index in [1.165, 1.54) is 0 Å². The zero-order chi connectivity index (χ0) is 14.3. The number of carboxylic acid groups (broad SMARTS) is 1. The number of aryl methyl sites for hydroxylation is 1. The maximum absolute atomic E-state index is 11.8. The molecule has 3 heterocycles. The molecule has 0 aliphatic carbocycles. The van der Waals surface area contributed by atoms with Gasteiger partial charge in [-0.1, -0.05) is 6.92 Å². The molecule has 2 aromatic heterocycles. The van der Waals surface area contributed by atoms with Crippen molar-refractivity contribution in [2.24, 2.45) is 7.05 Å². The van der Waals surface area contributed by atoms with Gasteiger partial charge in [0.1, 0.15) is 11.1 Å². The summed E-state index contributed by atoms with van der Waals surface area (Å²) in [4.78, 5) is 22.5. The Bertz CT molecular complexity index is 666. The fraction of sp³-hybridized carbons (Fsp3) is 0.500. The van der Waals surface area contributed by atoms with Crippen LogP contribution in [0.15, 0.2) is 18.6 Å². The summed E-state index contributed by atoms with van der Waals surface area (Å²) in [7, 11) is 1.92. The third kappa shape index (κ3) is 1.60. The maximum Gasteiger partial charge on any atom is 0.329 e. The van der Waals surface area contributed by atoms with Gasteiger partial charge in [-0.3, -0.25) is 0 Å². The van der Waals surface area contributed by atoms with Crippen molar-refractivity contribution >= 4 is 22.8 Å². The Morgan fingerprint density at radius 3 is 3.00 bits per heavy atom. The maximum atomic E-state index is 11.8. The largest absolute Gasteiger partial charge is 0.479 e. The zero-order valence-electron chi connectivity index (χ0n) is 11.7. The Morgan fingerprint density at radius 1 is 1.50 bits per heavy atom. The summed E-state index contributed by atoms with van der Waals surface area (Å²) in [5.41, 5.74) is 0.895. The van der Waals surface area contributed by atoms with Gasteiger partial charge in [-0.15, -0.1) is 0 Å². The van der Waals surface area contributed by atoms with Crippen molar-refractivity contribution in [1.29, 1.82) is 0 Å². The van der Waals surface area contributed by atoms with Crippen LogP contribution in [0.25, 0.3) is 11.0 Å². The normalized spacial score (nSPS) is 22.6. The van der Waals surface area contributed by atoms with Crippen LogP contribution in [0.2, 0.25) is 0 Å². The van der Waals surface area contributed by atoms with Crippen LogP contribution in [0, 0.1) is 0 Å². The van der Waals surface area contributed by atoms with Gasteiger partial charge in [-0.05, 0) is 25.3 Å². The smallest absolute Gasteiger partial charge is 0.329 e. The summed E-state index contributed by atoms with van der Waals surface area (Å²) < 4.78 is 1.92. The molecular weight excluding hydrogens is 256 g/mol. The number of imidazole rings is 1. The molecule has 2 aromatic rings. The Hall–Kier alpha value is -2.11. The Labute approximate surface area is 117 Å². The number of carbonyl (C=O) groups is 1. The summed E-state index contributed by atoms with van der Waals surface area (Å²) in [5, 5.41) is 9.68. The van der Waals surface area contributed by atoms with E-state index in [0.717, 1.165) is 17.5 Å². The van der Waals surface area contributed by atoms with Gasteiger partial charge in [0.05, 0.1) is 11.8 Å². The predicted molar refractivity (Wildman–Crippen MR) is 75.7 cm³/mol. The summed E-state index contributed by atoms with van der Waals surface area (Å²) in [6.07, 6.45) is 5.54. The number of aliphatic carboxylic acids is 1. The van der Waals surface area contributed by atoms with E-state index in [2.05, 4.69) is 9.97 Å². The van der Waals surface area contributed by atoms with Gasteiger partial charge in [-0.2, -0.15) is 0 Å². The number of carboxylic acids is 1. The number of anilines is 1. The predicted octanol–water partition coefficient (Wildman–Crippen LogP) is 1.80. The molecule has 1 aliphatic rings. The monoisotopic (exact) mass is 274 g/mol. The molecule has 0 saturated carbocycles. The highest BCUT2D eigenvalue weighted by Gasteiger charge is 2.47. The van der Waals surface area contributed by atoms with Crippen LogP contribution in [0.4, 0.5) is 5.82 Å². The summed E-state index contributed by atoms with van der Waals surface area (Å²) >= 11 is 0. The fourth-order valence-electron chi connectivity index (χ4n) is 3.17. The minimum absolute atomic E-state index is 0.563. The molecule has 1 atom stereocenters. The molecule has 20 heavy (non-hydrogen) atoms. The van der Waals surface area contributed by atoms with E-state index >= 15 is 0 Å². The first-order valence-corrected chi connectivity index (χ1v) is 6.87. The average Bonchev–Trinajstić information content (AvgIpc) is 3.03. The third-order valence-corrected chi connectivity index (χ3v) is 4.35. The van der Waals surface area contributed by atoms with Gasteiger partial charge in [-0.25, -0.2) is 14.8 Å². The Kier molecular flexibility index (Phi) is 2.88. The minimum atomic E-state index is -0.848. The third-order valence-electron chi connectivity index (χ3n) is 4.35. The zero-order valence-corrected chi connectivity index (χ0v) is 11.7. The fourth-order valence-corrected chi connectivity index (χ4v) is 3.17. The van der Waals surface area contributed by atoms with E-state index in [9.17, 15) is 9.90 Å². The van der Waals surface area contributed by atoms with Crippen molar-refractivity contribution in [3.8, 4) is 0 Å². The van der Waals surface area contributed by atoms with Crippen molar-refractivity contribution in [1.82, 2.24) is 14.5 Å². The lowest BCUT2D eigenvalue weighted by Gasteiger charge is -2.34. The first-order chi connectivity index (χ1) is 9.60. The SMILES string of the molecule is CCC1(C(=O)O)CCCN1c1nccc2c1ncn2C. The van der Waals surface area contributed by atoms with E-state index < -0.39 is 11.5 Å². The van der Waals surface area contributed by atoms with Crippen molar-refractivity contribution in [3.63, 3.8) is 0 Å². The van der Waals surface area contributed by atoms with Crippen LogP contribution in [0.5, 0.6) is 0 Å². The van der Waals surface area contributed by atoms with Crippen molar-refractivity contribution < 1.29 is 9.90 Å². The molecule has 0 bridgehead atoms. The number of hydrogen-bond acceptors (Lipinski definition) is 4. The van der Waals surface area contributed by atoms with Gasteiger partial charge in [0.2, 0.25) is 0 Å². The molecule has 1 aliphatic heterocycles. The van der Waals surface area contributed by atoms with Crippen LogP contribution in [-0.2, 0) is 11.8 Å². The number of nitrogens with zero attached hydrogens (tertiary/aromatic N) is 4. The van der Waals surface area contributed by atoms with Crippen molar-refractivity contribution in [2.45, 2.75) is 31.7 Å². The van der Waals surface area contributed by atoms with E-state index in [4.69, 9.17) is 0 Å². The first-order valence-electron chi connectivity index (χ1n) is 6.87. The first kappa shape index (κ1) is 12.9. The number of hydrogen-bond donors (Lipinski definition) is 1. The van der Waals surface area contributed by atoms with E-state index in [1.54, 1.807) is 12.5 Å². The van der Waals surface area contributed by atoms with Crippen molar-refractivity contribution in [2.75, 3.05) is 11.4 Å². The van der Waals surface area contributed by atoms with E-state index in [0.29, 0.717) is 25.2 Å². The lowest BCUT2D eigenvalue weighted by atomic mass is 9.93. The van der Waals surface area contributed by atoms with E-state index in [1.807, 2.05) is 29.5 Å². The van der Waals surface area contributed by atoms with Crippen molar-refractivity contribution in [3.05, 3.63) is 18.6 Å². The van der Waals surface area contributed by atoms with E-state index in [-0.39, 0.29) is 0 Å². The molecule has 1 saturated heterocycles. The number of fused-ring (bicyclic) bond motifs is 1. The number of pyridine rings is 1. The van der Waals surface area contributed by atoms with Gasteiger partial charge >= 0.3 is 5.97 Å². The standard InChI is InChI=1S/C14H18N4O2/c1-3-14(13(19)20)6-4-8-18(14)12-11-10(5-7-15-12)17(2)9-16-11/h5,7,9H,3-4,6,8H2,1-2H3,(H,19,20). The van der Waals surface area contributed by atoms with Crippen LogP contribution in [0.3, 0.4) is 0 Å². The molecule has 1 unspecified atom stereocenters. The molecule has 1 fully saturated rings. The average molecular weight is 274 g/mol. The number of aromatic nitrogens is 3. The van der Waals surface area contributed by atoms with Crippen LogP contribution in [-0.4, -0.2) is 37.7 Å². The van der Waals surface area contributed by atoms with Crippen LogP contribution < -0.4 is 4.90 Å². The molecule has 0 radical (unpaired) electrons. The highest BCUT2D eigenvalue weighted by atomic mass is 16.4. The second kappa shape index (κ2) is 4.47. The van der Waals surface area contributed by atoms with Gasteiger partial charge < -0.3 is 14.6 Å². The van der Waals surface area contributed by atoms with Crippen LogP contribution >= 0.6 is 0 Å². The molecule has 3 rings (SSSR count). The minimum Gasteiger partial charge on any atom is -0.479 e. The molecule has 6 heteroatoms. The molecule has 106 valence electrons. The highest BCUT2D eigenvalue weighted by Crippen LogP contribution is 2.38. The Balaban J connectivity index is 2.17. The summed E-state index contributed by atoms with van der Waals surface area (Å²) in [5.74, 6) is -0.0860. The molecule has 6 nitrogen and oxygen atoms in total. The summed E-state index contributed by atoms with van der Waals surface area (Å²) in [6.45, 7) is 2.63. The molecular formula is C14H18N4O2. The Morgan fingerprint density at radius 2 is 2.30 bits per heavy atom. The topological polar surface area (TPSA) is 71.2 Å². The van der Waals surface area contributed by atoms with Gasteiger partial charge in [0.15, 0.2) is 5.82 Å². The second-order valence-electron chi connectivity index (χ2n) is 5.30. The number of rotatable bonds is 3. The lowest BCUT2D eigenvalue weighted by molar-refractivity contribution is -0.143.